The van der Waals surface area contributed by atoms with Gasteiger partial charge in [-0.1, -0.05) is 27.2 Å². The SMILES string of the molecule is CCC1CCCN(CC2NCCCC2(C)C)CC1. The van der Waals surface area contributed by atoms with E-state index in [-0.39, 0.29) is 0 Å². The monoisotopic (exact) mass is 252 g/mol. The van der Waals surface area contributed by atoms with Crippen LogP contribution in [0.1, 0.15) is 59.3 Å². The highest BCUT2D eigenvalue weighted by Gasteiger charge is 2.33. The van der Waals surface area contributed by atoms with Gasteiger partial charge in [0.1, 0.15) is 0 Å². The molecule has 0 aromatic heterocycles. The molecule has 0 aliphatic carbocycles. The van der Waals surface area contributed by atoms with Crippen LogP contribution < -0.4 is 5.32 Å². The average molecular weight is 252 g/mol. The Morgan fingerprint density at radius 1 is 1.17 bits per heavy atom. The van der Waals surface area contributed by atoms with Crippen molar-refractivity contribution in [1.29, 1.82) is 0 Å². The van der Waals surface area contributed by atoms with Gasteiger partial charge in [0.25, 0.3) is 0 Å². The summed E-state index contributed by atoms with van der Waals surface area (Å²) in [5.41, 5.74) is 0.481. The number of piperidine rings is 1. The normalized spacial score (nSPS) is 34.2. The van der Waals surface area contributed by atoms with E-state index >= 15 is 0 Å². The lowest BCUT2D eigenvalue weighted by molar-refractivity contribution is 0.127. The standard InChI is InChI=1S/C16H32N2/c1-4-14-7-5-11-18(12-8-14)13-15-16(2,3)9-6-10-17-15/h14-15,17H,4-13H2,1-3H3. The fourth-order valence-corrected chi connectivity index (χ4v) is 3.66. The van der Waals surface area contributed by atoms with E-state index in [4.69, 9.17) is 0 Å². The van der Waals surface area contributed by atoms with Crippen LogP contribution in [0.4, 0.5) is 0 Å². The van der Waals surface area contributed by atoms with E-state index in [2.05, 4.69) is 31.0 Å². The molecule has 2 aliphatic rings. The number of nitrogens with zero attached hydrogens (tertiary/aromatic N) is 1. The summed E-state index contributed by atoms with van der Waals surface area (Å²) in [5, 5.41) is 3.76. The molecular formula is C16H32N2. The molecule has 0 bridgehead atoms. The zero-order valence-electron chi connectivity index (χ0n) is 12.7. The molecule has 2 saturated heterocycles. The highest BCUT2D eigenvalue weighted by Crippen LogP contribution is 2.31. The molecule has 1 N–H and O–H groups in total. The van der Waals surface area contributed by atoms with E-state index in [0.29, 0.717) is 11.5 Å². The molecule has 2 heteroatoms. The minimum atomic E-state index is 0.481. The fraction of sp³-hybridized carbons (Fsp3) is 1.00. The van der Waals surface area contributed by atoms with E-state index in [1.54, 1.807) is 0 Å². The summed E-state index contributed by atoms with van der Waals surface area (Å²) in [7, 11) is 0. The molecule has 18 heavy (non-hydrogen) atoms. The fourth-order valence-electron chi connectivity index (χ4n) is 3.66. The Labute approximate surface area is 114 Å². The minimum Gasteiger partial charge on any atom is -0.312 e. The first kappa shape index (κ1) is 14.3. The van der Waals surface area contributed by atoms with Crippen LogP contribution in [0.3, 0.4) is 0 Å². The number of nitrogens with one attached hydrogen (secondary N) is 1. The van der Waals surface area contributed by atoms with Crippen molar-refractivity contribution in [3.05, 3.63) is 0 Å². The van der Waals surface area contributed by atoms with Crippen LogP contribution in [-0.4, -0.2) is 37.1 Å². The van der Waals surface area contributed by atoms with Crippen LogP contribution in [-0.2, 0) is 0 Å². The van der Waals surface area contributed by atoms with Crippen molar-refractivity contribution < 1.29 is 0 Å². The van der Waals surface area contributed by atoms with Crippen molar-refractivity contribution >= 4 is 0 Å². The second kappa shape index (κ2) is 6.38. The Bertz CT molecular complexity index is 249. The predicted octanol–water partition coefficient (Wildman–Crippen LogP) is 3.28. The van der Waals surface area contributed by atoms with Crippen molar-refractivity contribution in [2.75, 3.05) is 26.2 Å². The van der Waals surface area contributed by atoms with Gasteiger partial charge in [0, 0.05) is 12.6 Å². The van der Waals surface area contributed by atoms with E-state index < -0.39 is 0 Å². The lowest BCUT2D eigenvalue weighted by Crippen LogP contribution is -2.53. The molecule has 0 spiro atoms. The molecule has 2 rings (SSSR count). The molecule has 2 nitrogen and oxygen atoms in total. The first-order valence-electron chi connectivity index (χ1n) is 8.07. The molecule has 2 unspecified atom stereocenters. The van der Waals surface area contributed by atoms with Gasteiger partial charge in [-0.05, 0) is 63.1 Å². The molecule has 2 fully saturated rings. The quantitative estimate of drug-likeness (QED) is 0.829. The Hall–Kier alpha value is -0.0800. The molecule has 0 saturated carbocycles. The topological polar surface area (TPSA) is 15.3 Å². The Morgan fingerprint density at radius 3 is 2.72 bits per heavy atom. The summed E-state index contributed by atoms with van der Waals surface area (Å²) in [6.45, 7) is 12.4. The summed E-state index contributed by atoms with van der Waals surface area (Å²) in [5.74, 6) is 0.988. The molecule has 2 atom stereocenters. The third-order valence-electron chi connectivity index (χ3n) is 5.29. The van der Waals surface area contributed by atoms with E-state index in [1.807, 2.05) is 0 Å². The second-order valence-corrected chi connectivity index (χ2v) is 7.10. The van der Waals surface area contributed by atoms with Crippen LogP contribution in [0.25, 0.3) is 0 Å². The molecule has 2 heterocycles. The van der Waals surface area contributed by atoms with Gasteiger partial charge in [0.05, 0.1) is 0 Å². The van der Waals surface area contributed by atoms with Crippen LogP contribution in [0.15, 0.2) is 0 Å². The van der Waals surface area contributed by atoms with Crippen LogP contribution in [0.5, 0.6) is 0 Å². The molecule has 0 aromatic rings. The largest absolute Gasteiger partial charge is 0.312 e. The zero-order valence-corrected chi connectivity index (χ0v) is 12.7. The Kier molecular flexibility index (Phi) is 5.08. The molecule has 2 aliphatic heterocycles. The van der Waals surface area contributed by atoms with Crippen LogP contribution in [0, 0.1) is 11.3 Å². The molecule has 0 radical (unpaired) electrons. The number of likely N-dealkylation sites (tertiary alicyclic amines) is 1. The second-order valence-electron chi connectivity index (χ2n) is 7.10. The lowest BCUT2D eigenvalue weighted by atomic mass is 9.77. The maximum Gasteiger partial charge on any atom is 0.0246 e. The predicted molar refractivity (Wildman–Crippen MR) is 78.9 cm³/mol. The minimum absolute atomic E-state index is 0.481. The highest BCUT2D eigenvalue weighted by atomic mass is 15.2. The summed E-state index contributed by atoms with van der Waals surface area (Å²) in [6, 6.07) is 0.699. The third-order valence-corrected chi connectivity index (χ3v) is 5.29. The maximum atomic E-state index is 3.76. The lowest BCUT2D eigenvalue weighted by Gasteiger charge is -2.42. The summed E-state index contributed by atoms with van der Waals surface area (Å²) < 4.78 is 0. The van der Waals surface area contributed by atoms with Crippen molar-refractivity contribution in [2.45, 2.75) is 65.3 Å². The summed E-state index contributed by atoms with van der Waals surface area (Å²) in [4.78, 5) is 2.72. The van der Waals surface area contributed by atoms with Gasteiger partial charge in [0.15, 0.2) is 0 Å². The highest BCUT2D eigenvalue weighted by molar-refractivity contribution is 4.90. The molecule has 106 valence electrons. The number of hydrogen-bond acceptors (Lipinski definition) is 2. The third kappa shape index (κ3) is 3.71. The van der Waals surface area contributed by atoms with Gasteiger partial charge in [-0.25, -0.2) is 0 Å². The van der Waals surface area contributed by atoms with E-state index in [1.165, 1.54) is 64.7 Å². The molecule has 0 aromatic carbocycles. The van der Waals surface area contributed by atoms with Gasteiger partial charge in [0.2, 0.25) is 0 Å². The van der Waals surface area contributed by atoms with Crippen molar-refractivity contribution in [3.8, 4) is 0 Å². The van der Waals surface area contributed by atoms with Crippen LogP contribution >= 0.6 is 0 Å². The van der Waals surface area contributed by atoms with E-state index in [9.17, 15) is 0 Å². The first-order valence-corrected chi connectivity index (χ1v) is 8.07. The molecular weight excluding hydrogens is 220 g/mol. The summed E-state index contributed by atoms with van der Waals surface area (Å²) >= 11 is 0. The van der Waals surface area contributed by atoms with Gasteiger partial charge < -0.3 is 10.2 Å². The van der Waals surface area contributed by atoms with Gasteiger partial charge in [-0.2, -0.15) is 0 Å². The van der Waals surface area contributed by atoms with Crippen LogP contribution in [0.2, 0.25) is 0 Å². The van der Waals surface area contributed by atoms with E-state index in [0.717, 1.165) is 5.92 Å². The van der Waals surface area contributed by atoms with Crippen molar-refractivity contribution in [2.24, 2.45) is 11.3 Å². The summed E-state index contributed by atoms with van der Waals surface area (Å²) in [6.07, 6.45) is 8.39. The maximum absolute atomic E-state index is 3.76. The Balaban J connectivity index is 1.84. The average Bonchev–Trinajstić information content (AvgIpc) is 2.57. The van der Waals surface area contributed by atoms with Gasteiger partial charge >= 0.3 is 0 Å². The smallest absolute Gasteiger partial charge is 0.0246 e. The Morgan fingerprint density at radius 2 is 2.00 bits per heavy atom. The first-order chi connectivity index (χ1) is 8.62. The number of hydrogen-bond donors (Lipinski definition) is 1. The van der Waals surface area contributed by atoms with Crippen molar-refractivity contribution in [1.82, 2.24) is 10.2 Å². The van der Waals surface area contributed by atoms with Crippen molar-refractivity contribution in [3.63, 3.8) is 0 Å². The van der Waals surface area contributed by atoms with Gasteiger partial charge in [-0.15, -0.1) is 0 Å². The molecule has 0 amide bonds. The number of rotatable bonds is 3. The van der Waals surface area contributed by atoms with Gasteiger partial charge in [-0.3, -0.25) is 0 Å². The zero-order chi connectivity index (χ0) is 13.0.